The van der Waals surface area contributed by atoms with Crippen LogP contribution in [0, 0.1) is 0 Å². The van der Waals surface area contributed by atoms with Crippen molar-refractivity contribution in [1.29, 1.82) is 0 Å². The summed E-state index contributed by atoms with van der Waals surface area (Å²) in [5, 5.41) is 2.63. The van der Waals surface area contributed by atoms with E-state index in [2.05, 4.69) is 26.0 Å². The van der Waals surface area contributed by atoms with Crippen LogP contribution in [-0.4, -0.2) is 29.6 Å². The molecule has 1 unspecified atom stereocenters. The van der Waals surface area contributed by atoms with Gasteiger partial charge < -0.3 is 14.6 Å². The summed E-state index contributed by atoms with van der Waals surface area (Å²) in [6.45, 7) is 1.60. The highest BCUT2D eigenvalue weighted by atomic mass is 79.9. The molecule has 0 aliphatic heterocycles. The summed E-state index contributed by atoms with van der Waals surface area (Å²) in [6, 6.07) is 1.52. The van der Waals surface area contributed by atoms with E-state index >= 15 is 0 Å². The molecule has 1 fully saturated rings. The second kappa shape index (κ2) is 5.14. The maximum Gasteiger partial charge on any atom is 0.328 e. The lowest BCUT2D eigenvalue weighted by molar-refractivity contribution is -0.142. The van der Waals surface area contributed by atoms with E-state index in [1.165, 1.54) is 7.11 Å². The van der Waals surface area contributed by atoms with Crippen molar-refractivity contribution in [2.45, 2.75) is 31.8 Å². The second-order valence-corrected chi connectivity index (χ2v) is 5.32. The first-order chi connectivity index (χ1) is 8.52. The number of nitrogens with zero attached hydrogens (tertiary/aromatic N) is 1. The Kier molecular flexibility index (Phi) is 3.75. The largest absolute Gasteiger partial charge is 0.467 e. The van der Waals surface area contributed by atoms with Gasteiger partial charge in [-0.2, -0.15) is 0 Å². The molecule has 0 saturated heterocycles. The molecule has 6 heteroatoms. The van der Waals surface area contributed by atoms with E-state index in [1.807, 2.05) is 10.8 Å². The molecule has 98 valence electrons. The van der Waals surface area contributed by atoms with Gasteiger partial charge in [0.25, 0.3) is 5.91 Å². The number of carbonyl (C=O) groups is 2. The highest BCUT2D eigenvalue weighted by Gasteiger charge is 2.28. The van der Waals surface area contributed by atoms with Crippen LogP contribution < -0.4 is 5.32 Å². The van der Waals surface area contributed by atoms with Gasteiger partial charge in [-0.05, 0) is 41.8 Å². The number of hydrogen-bond acceptors (Lipinski definition) is 3. The van der Waals surface area contributed by atoms with Crippen LogP contribution in [0.3, 0.4) is 0 Å². The minimum Gasteiger partial charge on any atom is -0.467 e. The van der Waals surface area contributed by atoms with Crippen molar-refractivity contribution in [3.63, 3.8) is 0 Å². The first-order valence-electron chi connectivity index (χ1n) is 5.79. The lowest BCUT2D eigenvalue weighted by Gasteiger charge is -2.12. The number of carbonyl (C=O) groups excluding carboxylic acids is 2. The van der Waals surface area contributed by atoms with Gasteiger partial charge in [-0.1, -0.05) is 0 Å². The number of aromatic nitrogens is 1. The van der Waals surface area contributed by atoms with Gasteiger partial charge in [-0.25, -0.2) is 4.79 Å². The van der Waals surface area contributed by atoms with E-state index in [0.29, 0.717) is 11.7 Å². The number of amides is 1. The van der Waals surface area contributed by atoms with Gasteiger partial charge in [0, 0.05) is 16.7 Å². The molecule has 5 nitrogen and oxygen atoms in total. The third-order valence-electron chi connectivity index (χ3n) is 2.89. The van der Waals surface area contributed by atoms with Crippen LogP contribution in [0.4, 0.5) is 0 Å². The van der Waals surface area contributed by atoms with Crippen LogP contribution in [0.1, 0.15) is 36.3 Å². The maximum atomic E-state index is 12.1. The highest BCUT2D eigenvalue weighted by Crippen LogP contribution is 2.37. The summed E-state index contributed by atoms with van der Waals surface area (Å²) < 4.78 is 7.39. The van der Waals surface area contributed by atoms with E-state index in [4.69, 9.17) is 0 Å². The fourth-order valence-corrected chi connectivity index (χ4v) is 2.23. The van der Waals surface area contributed by atoms with Crippen molar-refractivity contribution < 1.29 is 14.3 Å². The average Bonchev–Trinajstić information content (AvgIpc) is 3.11. The summed E-state index contributed by atoms with van der Waals surface area (Å²) in [4.78, 5) is 23.3. The number of esters is 1. The van der Waals surface area contributed by atoms with Crippen LogP contribution in [0.25, 0.3) is 0 Å². The predicted molar refractivity (Wildman–Crippen MR) is 69.3 cm³/mol. The van der Waals surface area contributed by atoms with Gasteiger partial charge in [0.2, 0.25) is 0 Å². The number of rotatable bonds is 4. The number of nitrogens with one attached hydrogen (secondary N) is 1. The van der Waals surface area contributed by atoms with E-state index in [-0.39, 0.29) is 5.91 Å². The van der Waals surface area contributed by atoms with E-state index in [1.54, 1.807) is 13.0 Å². The number of ether oxygens (including phenoxy) is 1. The van der Waals surface area contributed by atoms with Gasteiger partial charge in [0.1, 0.15) is 11.7 Å². The lowest BCUT2D eigenvalue weighted by atomic mass is 10.3. The zero-order valence-corrected chi connectivity index (χ0v) is 11.9. The van der Waals surface area contributed by atoms with Crippen LogP contribution in [0.15, 0.2) is 16.7 Å². The van der Waals surface area contributed by atoms with Crippen LogP contribution in [-0.2, 0) is 9.53 Å². The Hall–Kier alpha value is -1.30. The van der Waals surface area contributed by atoms with Crippen molar-refractivity contribution in [3.05, 3.63) is 22.4 Å². The molecule has 0 spiro atoms. The van der Waals surface area contributed by atoms with E-state index in [9.17, 15) is 9.59 Å². The van der Waals surface area contributed by atoms with Gasteiger partial charge in [-0.15, -0.1) is 0 Å². The molecule has 1 heterocycles. The van der Waals surface area contributed by atoms with Gasteiger partial charge in [0.05, 0.1) is 7.11 Å². The Morgan fingerprint density at radius 2 is 2.22 bits per heavy atom. The SMILES string of the molecule is COC(=O)C(C)NC(=O)c1cc(Br)cn1C1CC1. The molecule has 1 aliphatic rings. The molecule has 0 bridgehead atoms. The van der Waals surface area contributed by atoms with Crippen molar-refractivity contribution in [2.24, 2.45) is 0 Å². The minimum atomic E-state index is -0.649. The normalized spacial score (nSPS) is 16.2. The van der Waals surface area contributed by atoms with Crippen LogP contribution in [0.2, 0.25) is 0 Å². The van der Waals surface area contributed by atoms with E-state index in [0.717, 1.165) is 17.3 Å². The summed E-state index contributed by atoms with van der Waals surface area (Å²) in [5.74, 6) is -0.711. The Morgan fingerprint density at radius 1 is 1.56 bits per heavy atom. The number of hydrogen-bond donors (Lipinski definition) is 1. The van der Waals surface area contributed by atoms with Crippen LogP contribution >= 0.6 is 15.9 Å². The standard InChI is InChI=1S/C12H15BrN2O3/c1-7(12(17)18-2)14-11(16)10-5-8(13)6-15(10)9-3-4-9/h5-7,9H,3-4H2,1-2H3,(H,14,16). The Bertz CT molecular complexity index is 480. The minimum absolute atomic E-state index is 0.259. The zero-order chi connectivity index (χ0) is 13.3. The van der Waals surface area contributed by atoms with Gasteiger partial charge in [0.15, 0.2) is 0 Å². The second-order valence-electron chi connectivity index (χ2n) is 4.40. The molecule has 1 aliphatic carbocycles. The first-order valence-corrected chi connectivity index (χ1v) is 6.58. The molecular formula is C12H15BrN2O3. The van der Waals surface area contributed by atoms with Crippen molar-refractivity contribution in [1.82, 2.24) is 9.88 Å². The van der Waals surface area contributed by atoms with Gasteiger partial charge >= 0.3 is 5.97 Å². The molecule has 1 amide bonds. The van der Waals surface area contributed by atoms with Gasteiger partial charge in [-0.3, -0.25) is 4.79 Å². The molecule has 1 aromatic rings. The highest BCUT2D eigenvalue weighted by molar-refractivity contribution is 9.10. The van der Waals surface area contributed by atoms with Crippen molar-refractivity contribution in [2.75, 3.05) is 7.11 Å². The lowest BCUT2D eigenvalue weighted by Crippen LogP contribution is -2.39. The molecule has 2 rings (SSSR count). The summed E-state index contributed by atoms with van der Waals surface area (Å²) in [6.07, 6.45) is 4.08. The maximum absolute atomic E-state index is 12.1. The molecule has 1 N–H and O–H groups in total. The Morgan fingerprint density at radius 3 is 2.78 bits per heavy atom. The quantitative estimate of drug-likeness (QED) is 0.863. The molecule has 0 aromatic carbocycles. The van der Waals surface area contributed by atoms with E-state index < -0.39 is 12.0 Å². The first kappa shape index (κ1) is 13.1. The fourth-order valence-electron chi connectivity index (χ4n) is 1.79. The molecular weight excluding hydrogens is 300 g/mol. The smallest absolute Gasteiger partial charge is 0.328 e. The zero-order valence-electron chi connectivity index (χ0n) is 10.3. The number of methoxy groups -OCH3 is 1. The fraction of sp³-hybridized carbons (Fsp3) is 0.500. The topological polar surface area (TPSA) is 60.3 Å². The summed E-state index contributed by atoms with van der Waals surface area (Å²) in [5.41, 5.74) is 0.570. The van der Waals surface area contributed by atoms with Crippen molar-refractivity contribution >= 4 is 27.8 Å². The molecule has 1 saturated carbocycles. The Labute approximate surface area is 114 Å². The number of halogens is 1. The molecule has 0 radical (unpaired) electrons. The predicted octanol–water partition coefficient (Wildman–Crippen LogP) is 1.88. The third-order valence-corrected chi connectivity index (χ3v) is 3.32. The summed E-state index contributed by atoms with van der Waals surface area (Å²) in [7, 11) is 1.30. The Balaban J connectivity index is 2.11. The third kappa shape index (κ3) is 2.75. The summed E-state index contributed by atoms with van der Waals surface area (Å²) >= 11 is 3.36. The molecule has 1 aromatic heterocycles. The van der Waals surface area contributed by atoms with Crippen molar-refractivity contribution in [3.8, 4) is 0 Å². The average molecular weight is 315 g/mol. The monoisotopic (exact) mass is 314 g/mol. The molecule has 18 heavy (non-hydrogen) atoms. The van der Waals surface area contributed by atoms with Crippen LogP contribution in [0.5, 0.6) is 0 Å². The molecule has 1 atom stereocenters.